The van der Waals surface area contributed by atoms with E-state index in [0.717, 1.165) is 29.4 Å². The van der Waals surface area contributed by atoms with Crippen molar-refractivity contribution in [2.24, 2.45) is 5.41 Å². The van der Waals surface area contributed by atoms with Crippen molar-refractivity contribution in [2.75, 3.05) is 26.3 Å². The van der Waals surface area contributed by atoms with Crippen molar-refractivity contribution >= 4 is 28.0 Å². The van der Waals surface area contributed by atoms with Crippen LogP contribution in [0.3, 0.4) is 0 Å². The maximum Gasteiger partial charge on any atom is 0.409 e. The van der Waals surface area contributed by atoms with Gasteiger partial charge in [0, 0.05) is 29.7 Å². The van der Waals surface area contributed by atoms with Crippen LogP contribution in [0.2, 0.25) is 0 Å². The van der Waals surface area contributed by atoms with Crippen molar-refractivity contribution in [3.63, 3.8) is 0 Å². The fraction of sp³-hybridized carbons (Fsp3) is 0.387. The first-order valence-electron chi connectivity index (χ1n) is 13.5. The number of nitrogens with zero attached hydrogens (tertiary/aromatic N) is 2. The minimum Gasteiger partial charge on any atom is -0.480 e. The number of carbonyl (C=O) groups excluding carboxylic acids is 1. The van der Waals surface area contributed by atoms with Gasteiger partial charge in [-0.1, -0.05) is 48.5 Å². The van der Waals surface area contributed by atoms with Gasteiger partial charge in [0.25, 0.3) is 0 Å². The monoisotopic (exact) mass is 590 g/mol. The van der Waals surface area contributed by atoms with Crippen LogP contribution in [0.25, 0.3) is 11.1 Å². The normalized spacial score (nSPS) is 24.0. The van der Waals surface area contributed by atoms with E-state index in [1.54, 1.807) is 6.20 Å². The number of ether oxygens (including phenoxy) is 2. The standard InChI is InChI=1S/C31H31BrN2O5/c32-21-10-11-27(33-16-21)31(39-18-28(35)36)14-13-30(19-31)12-5-15-34(20-30)29(37)38-17-26-24-8-3-1-6-22(24)23-7-2-4-9-25(23)26/h1-4,6-11,16,26H,5,12-15,17-20H2,(H,35,36). The molecule has 2 unspecified atom stereocenters. The number of aromatic nitrogens is 1. The smallest absolute Gasteiger partial charge is 0.409 e. The summed E-state index contributed by atoms with van der Waals surface area (Å²) in [5, 5.41) is 9.35. The molecule has 2 aliphatic carbocycles. The van der Waals surface area contributed by atoms with Crippen molar-refractivity contribution in [3.05, 3.63) is 88.2 Å². The zero-order chi connectivity index (χ0) is 27.0. The van der Waals surface area contributed by atoms with Gasteiger partial charge >= 0.3 is 12.1 Å². The number of benzene rings is 2. The highest BCUT2D eigenvalue weighted by atomic mass is 79.9. The summed E-state index contributed by atoms with van der Waals surface area (Å²) in [5.41, 5.74) is 4.58. The Kier molecular flexibility index (Phi) is 6.93. The van der Waals surface area contributed by atoms with E-state index in [4.69, 9.17) is 9.47 Å². The molecule has 2 atom stereocenters. The number of likely N-dealkylation sites (tertiary alicyclic amines) is 1. The summed E-state index contributed by atoms with van der Waals surface area (Å²) >= 11 is 3.43. The molecule has 202 valence electrons. The Morgan fingerprint density at radius 3 is 2.38 bits per heavy atom. The Morgan fingerprint density at radius 2 is 1.72 bits per heavy atom. The maximum atomic E-state index is 13.4. The molecule has 1 aliphatic heterocycles. The fourth-order valence-corrected chi connectivity index (χ4v) is 7.14. The number of rotatable bonds is 6. The van der Waals surface area contributed by atoms with Crippen LogP contribution in [0.5, 0.6) is 0 Å². The summed E-state index contributed by atoms with van der Waals surface area (Å²) in [5.74, 6) is -0.983. The Balaban J connectivity index is 1.16. The van der Waals surface area contributed by atoms with E-state index < -0.39 is 11.6 Å². The molecule has 1 saturated heterocycles. The number of pyridine rings is 1. The molecule has 6 rings (SSSR count). The van der Waals surface area contributed by atoms with Gasteiger partial charge in [0.2, 0.25) is 0 Å². The lowest BCUT2D eigenvalue weighted by atomic mass is 9.77. The molecule has 0 radical (unpaired) electrons. The predicted octanol–water partition coefficient (Wildman–Crippen LogP) is 6.36. The number of aliphatic carboxylic acids is 1. The molecule has 2 heterocycles. The highest BCUT2D eigenvalue weighted by Gasteiger charge is 2.53. The highest BCUT2D eigenvalue weighted by Crippen LogP contribution is 2.55. The van der Waals surface area contributed by atoms with E-state index in [-0.39, 0.29) is 24.0 Å². The molecule has 39 heavy (non-hydrogen) atoms. The van der Waals surface area contributed by atoms with E-state index in [9.17, 15) is 14.7 Å². The van der Waals surface area contributed by atoms with Gasteiger partial charge in [-0.2, -0.15) is 0 Å². The zero-order valence-electron chi connectivity index (χ0n) is 21.6. The molecule has 7 nitrogen and oxygen atoms in total. The third-order valence-electron chi connectivity index (χ3n) is 8.64. The molecule has 8 heteroatoms. The number of carbonyl (C=O) groups is 2. The molecule has 1 N–H and O–H groups in total. The molecular formula is C31H31BrN2O5. The van der Waals surface area contributed by atoms with Crippen molar-refractivity contribution in [2.45, 2.75) is 43.6 Å². The summed E-state index contributed by atoms with van der Waals surface area (Å²) in [6, 6.07) is 20.5. The van der Waals surface area contributed by atoms with Crippen LogP contribution in [0.4, 0.5) is 4.79 Å². The Morgan fingerprint density at radius 1 is 1.00 bits per heavy atom. The Labute approximate surface area is 236 Å². The van der Waals surface area contributed by atoms with Gasteiger partial charge in [0.05, 0.1) is 5.69 Å². The van der Waals surface area contributed by atoms with Gasteiger partial charge < -0.3 is 19.5 Å². The Hall–Kier alpha value is -3.23. The Bertz CT molecular complexity index is 1350. The van der Waals surface area contributed by atoms with Crippen molar-refractivity contribution in [1.82, 2.24) is 9.88 Å². The van der Waals surface area contributed by atoms with Crippen LogP contribution in [-0.4, -0.2) is 53.4 Å². The summed E-state index contributed by atoms with van der Waals surface area (Å²) in [6.07, 6.45) is 5.36. The second kappa shape index (κ2) is 10.4. The number of fused-ring (bicyclic) bond motifs is 3. The quantitative estimate of drug-likeness (QED) is 0.359. The zero-order valence-corrected chi connectivity index (χ0v) is 23.2. The highest BCUT2D eigenvalue weighted by molar-refractivity contribution is 9.10. The summed E-state index contributed by atoms with van der Waals surface area (Å²) in [4.78, 5) is 31.2. The van der Waals surface area contributed by atoms with E-state index >= 15 is 0 Å². The number of amides is 1. The second-order valence-electron chi connectivity index (χ2n) is 11.0. The molecule has 3 aromatic rings. The third-order valence-corrected chi connectivity index (χ3v) is 9.11. The van der Waals surface area contributed by atoms with Gasteiger partial charge in [-0.15, -0.1) is 0 Å². The largest absolute Gasteiger partial charge is 0.480 e. The summed E-state index contributed by atoms with van der Waals surface area (Å²) in [6.45, 7) is 1.13. The average Bonchev–Trinajstić information content (AvgIpc) is 3.47. The molecule has 1 amide bonds. The average molecular weight is 592 g/mol. The topological polar surface area (TPSA) is 89.0 Å². The SMILES string of the molecule is O=C(O)COC1(c2ccc(Br)cn2)CCC2(CCCN(C(=O)OCC3c4ccccc4-c4ccccc43)C2)C1. The molecule has 2 fully saturated rings. The van der Waals surface area contributed by atoms with Crippen molar-refractivity contribution in [1.29, 1.82) is 0 Å². The van der Waals surface area contributed by atoms with Gasteiger partial charge in [-0.3, -0.25) is 4.98 Å². The van der Waals surface area contributed by atoms with Gasteiger partial charge in [0.15, 0.2) is 0 Å². The lowest BCUT2D eigenvalue weighted by Gasteiger charge is -2.41. The van der Waals surface area contributed by atoms with Crippen molar-refractivity contribution < 1.29 is 24.2 Å². The van der Waals surface area contributed by atoms with E-state index in [2.05, 4.69) is 45.2 Å². The molecule has 0 bridgehead atoms. The number of carboxylic acid groups (broad SMARTS) is 1. The number of hydrogen-bond acceptors (Lipinski definition) is 5. The minimum atomic E-state index is -1.00. The molecule has 1 saturated carbocycles. The van der Waals surface area contributed by atoms with Crippen LogP contribution in [0, 0.1) is 5.41 Å². The first-order valence-corrected chi connectivity index (χ1v) is 14.3. The van der Waals surface area contributed by atoms with E-state index in [0.29, 0.717) is 32.5 Å². The molecule has 1 spiro atoms. The first-order chi connectivity index (χ1) is 18.9. The summed E-state index contributed by atoms with van der Waals surface area (Å²) < 4.78 is 12.9. The number of halogens is 1. The lowest BCUT2D eigenvalue weighted by molar-refractivity contribution is -0.151. The second-order valence-corrected chi connectivity index (χ2v) is 12.0. The van der Waals surface area contributed by atoms with Gasteiger partial charge in [0.1, 0.15) is 18.8 Å². The van der Waals surface area contributed by atoms with Crippen LogP contribution in [-0.2, 0) is 19.9 Å². The predicted molar refractivity (Wildman–Crippen MR) is 149 cm³/mol. The van der Waals surface area contributed by atoms with Crippen LogP contribution in [0.15, 0.2) is 71.3 Å². The van der Waals surface area contributed by atoms with Crippen LogP contribution < -0.4 is 0 Å². The third kappa shape index (κ3) is 4.96. The number of hydrogen-bond donors (Lipinski definition) is 1. The number of carboxylic acids is 1. The minimum absolute atomic E-state index is 0.0205. The van der Waals surface area contributed by atoms with E-state index in [1.165, 1.54) is 22.3 Å². The molecule has 3 aliphatic rings. The number of piperidine rings is 1. The lowest BCUT2D eigenvalue weighted by Crippen LogP contribution is -2.46. The van der Waals surface area contributed by atoms with Crippen LogP contribution >= 0.6 is 15.9 Å². The van der Waals surface area contributed by atoms with Gasteiger partial charge in [-0.25, -0.2) is 9.59 Å². The van der Waals surface area contributed by atoms with Crippen molar-refractivity contribution in [3.8, 4) is 11.1 Å². The van der Waals surface area contributed by atoms with Gasteiger partial charge in [-0.05, 0) is 87.8 Å². The van der Waals surface area contributed by atoms with Crippen LogP contribution in [0.1, 0.15) is 54.8 Å². The molecular weight excluding hydrogens is 560 g/mol. The molecule has 2 aromatic carbocycles. The first kappa shape index (κ1) is 26.0. The molecule has 1 aromatic heterocycles. The summed E-state index contributed by atoms with van der Waals surface area (Å²) in [7, 11) is 0. The maximum absolute atomic E-state index is 13.4. The fourth-order valence-electron chi connectivity index (χ4n) is 6.91. The van der Waals surface area contributed by atoms with E-state index in [1.807, 2.05) is 41.3 Å².